The van der Waals surface area contributed by atoms with E-state index in [-0.39, 0.29) is 16.1 Å². The van der Waals surface area contributed by atoms with Crippen molar-refractivity contribution < 1.29 is 22.0 Å². The second-order valence-corrected chi connectivity index (χ2v) is 7.58. The van der Waals surface area contributed by atoms with Crippen molar-refractivity contribution in [1.29, 1.82) is 0 Å². The monoisotopic (exact) mass is 382 g/mol. The summed E-state index contributed by atoms with van der Waals surface area (Å²) in [6.07, 6.45) is 0. The largest absolute Gasteiger partial charge is 0.319 e. The number of hydrogen-bond donors (Lipinski definition) is 1. The van der Waals surface area contributed by atoms with Crippen molar-refractivity contribution >= 4 is 21.6 Å². The summed E-state index contributed by atoms with van der Waals surface area (Å²) in [6.45, 7) is 5.65. The first-order valence-electron chi connectivity index (χ1n) is 8.07. The van der Waals surface area contributed by atoms with Gasteiger partial charge in [0.25, 0.3) is 5.91 Å². The molecule has 0 bridgehead atoms. The lowest BCUT2D eigenvalue weighted by atomic mass is 10.1. The fourth-order valence-electron chi connectivity index (χ4n) is 2.50. The predicted octanol–water partition coefficient (Wildman–Crippen LogP) is 3.56. The Morgan fingerprint density at radius 3 is 2.35 bits per heavy atom. The van der Waals surface area contributed by atoms with E-state index in [9.17, 15) is 22.0 Å². The van der Waals surface area contributed by atoms with E-state index in [1.807, 2.05) is 0 Å². The Morgan fingerprint density at radius 2 is 1.73 bits per heavy atom. The molecule has 0 saturated heterocycles. The minimum Gasteiger partial charge on any atom is -0.319 e. The maximum absolute atomic E-state index is 13.7. The van der Waals surface area contributed by atoms with E-state index in [0.717, 1.165) is 18.2 Å². The van der Waals surface area contributed by atoms with Crippen molar-refractivity contribution in [3.8, 4) is 0 Å². The van der Waals surface area contributed by atoms with Gasteiger partial charge in [-0.25, -0.2) is 17.2 Å². The van der Waals surface area contributed by atoms with Crippen molar-refractivity contribution in [2.24, 2.45) is 0 Å². The highest BCUT2D eigenvalue weighted by atomic mass is 32.2. The summed E-state index contributed by atoms with van der Waals surface area (Å²) in [6, 6.07) is 6.87. The van der Waals surface area contributed by atoms with Crippen molar-refractivity contribution in [3.05, 3.63) is 59.2 Å². The molecule has 0 aromatic heterocycles. The summed E-state index contributed by atoms with van der Waals surface area (Å²) in [5.41, 5.74) is 0.270. The van der Waals surface area contributed by atoms with E-state index < -0.39 is 27.6 Å². The van der Waals surface area contributed by atoms with Crippen LogP contribution in [0.2, 0.25) is 0 Å². The quantitative estimate of drug-likeness (QED) is 0.831. The smallest absolute Gasteiger partial charge is 0.256 e. The molecule has 5 nitrogen and oxygen atoms in total. The number of sulfonamides is 1. The van der Waals surface area contributed by atoms with E-state index in [4.69, 9.17) is 0 Å². The standard InChI is InChI=1S/C18H20F2N2O3S/c1-4-22(5-2)26(24,25)14-8-6-12(3)15(11-14)18(23)21-17-10-13(19)7-9-16(17)20/h6-11H,4-5H2,1-3H3,(H,21,23). The van der Waals surface area contributed by atoms with Crippen LogP contribution >= 0.6 is 0 Å². The van der Waals surface area contributed by atoms with E-state index >= 15 is 0 Å². The SMILES string of the molecule is CCN(CC)S(=O)(=O)c1ccc(C)c(C(=O)Nc2cc(F)ccc2F)c1. The van der Waals surface area contributed by atoms with Crippen LogP contribution in [-0.2, 0) is 10.0 Å². The number of rotatable bonds is 6. The van der Waals surface area contributed by atoms with Gasteiger partial charge in [0.2, 0.25) is 10.0 Å². The first-order chi connectivity index (χ1) is 12.2. The van der Waals surface area contributed by atoms with Gasteiger partial charge >= 0.3 is 0 Å². The molecule has 0 saturated carbocycles. The van der Waals surface area contributed by atoms with Gasteiger partial charge in [0.05, 0.1) is 10.6 Å². The third-order valence-electron chi connectivity index (χ3n) is 3.97. The molecule has 1 N–H and O–H groups in total. The maximum Gasteiger partial charge on any atom is 0.256 e. The zero-order valence-corrected chi connectivity index (χ0v) is 15.5. The molecule has 8 heteroatoms. The molecular formula is C18H20F2N2O3S. The van der Waals surface area contributed by atoms with Crippen LogP contribution in [0.25, 0.3) is 0 Å². The van der Waals surface area contributed by atoms with Crippen molar-refractivity contribution in [2.75, 3.05) is 18.4 Å². The van der Waals surface area contributed by atoms with Crippen LogP contribution in [0.5, 0.6) is 0 Å². The van der Waals surface area contributed by atoms with Crippen LogP contribution in [0.15, 0.2) is 41.3 Å². The first kappa shape index (κ1) is 20.0. The minimum atomic E-state index is -3.74. The molecule has 2 aromatic carbocycles. The van der Waals surface area contributed by atoms with Crippen molar-refractivity contribution in [2.45, 2.75) is 25.7 Å². The van der Waals surface area contributed by atoms with Gasteiger partial charge in [0.15, 0.2) is 0 Å². The molecule has 0 spiro atoms. The molecular weight excluding hydrogens is 362 g/mol. The van der Waals surface area contributed by atoms with Gasteiger partial charge < -0.3 is 5.32 Å². The van der Waals surface area contributed by atoms with Crippen LogP contribution in [0.1, 0.15) is 29.8 Å². The lowest BCUT2D eigenvalue weighted by molar-refractivity contribution is 0.102. The summed E-state index contributed by atoms with van der Waals surface area (Å²) < 4.78 is 53.5. The Hall–Kier alpha value is -2.32. The topological polar surface area (TPSA) is 66.5 Å². The number of carbonyl (C=O) groups excluding carboxylic acids is 1. The Kier molecular flexibility index (Phi) is 6.09. The lowest BCUT2D eigenvalue weighted by Crippen LogP contribution is -2.30. The summed E-state index contributed by atoms with van der Waals surface area (Å²) in [5.74, 6) is -2.20. The van der Waals surface area contributed by atoms with E-state index in [1.54, 1.807) is 20.8 Å². The zero-order valence-electron chi connectivity index (χ0n) is 14.7. The predicted molar refractivity (Wildman–Crippen MR) is 95.6 cm³/mol. The summed E-state index contributed by atoms with van der Waals surface area (Å²) in [7, 11) is -3.74. The van der Waals surface area contributed by atoms with Crippen molar-refractivity contribution in [3.63, 3.8) is 0 Å². The van der Waals surface area contributed by atoms with Gasteiger partial charge in [-0.2, -0.15) is 4.31 Å². The molecule has 0 atom stereocenters. The average Bonchev–Trinajstić information content (AvgIpc) is 2.59. The molecule has 26 heavy (non-hydrogen) atoms. The van der Waals surface area contributed by atoms with Crippen LogP contribution in [0.4, 0.5) is 14.5 Å². The third-order valence-corrected chi connectivity index (χ3v) is 6.02. The number of halogens is 2. The van der Waals surface area contributed by atoms with Crippen LogP contribution < -0.4 is 5.32 Å². The second-order valence-electron chi connectivity index (χ2n) is 5.64. The fraction of sp³-hybridized carbons (Fsp3) is 0.278. The number of nitrogens with zero attached hydrogens (tertiary/aromatic N) is 1. The molecule has 0 aliphatic heterocycles. The second kappa shape index (κ2) is 7.92. The number of amides is 1. The molecule has 1 amide bonds. The Balaban J connectivity index is 2.41. The minimum absolute atomic E-state index is 0.0309. The number of benzene rings is 2. The maximum atomic E-state index is 13.7. The lowest BCUT2D eigenvalue weighted by Gasteiger charge is -2.19. The fourth-order valence-corrected chi connectivity index (χ4v) is 3.99. The Labute approximate surface area is 151 Å². The Morgan fingerprint density at radius 1 is 1.08 bits per heavy atom. The summed E-state index contributed by atoms with van der Waals surface area (Å²) in [5, 5.41) is 2.28. The molecule has 2 rings (SSSR count). The first-order valence-corrected chi connectivity index (χ1v) is 9.51. The molecule has 2 aromatic rings. The van der Waals surface area contributed by atoms with Gasteiger partial charge in [-0.05, 0) is 36.8 Å². The highest BCUT2D eigenvalue weighted by Gasteiger charge is 2.23. The van der Waals surface area contributed by atoms with Gasteiger partial charge in [-0.1, -0.05) is 19.9 Å². The van der Waals surface area contributed by atoms with E-state index in [2.05, 4.69) is 5.32 Å². The van der Waals surface area contributed by atoms with E-state index in [1.165, 1.54) is 22.5 Å². The van der Waals surface area contributed by atoms with Gasteiger partial charge in [-0.3, -0.25) is 4.79 Å². The number of nitrogens with one attached hydrogen (secondary N) is 1. The van der Waals surface area contributed by atoms with Gasteiger partial charge in [-0.15, -0.1) is 0 Å². The van der Waals surface area contributed by atoms with Gasteiger partial charge in [0, 0.05) is 24.7 Å². The molecule has 0 aliphatic rings. The van der Waals surface area contributed by atoms with Gasteiger partial charge in [0.1, 0.15) is 11.6 Å². The highest BCUT2D eigenvalue weighted by molar-refractivity contribution is 7.89. The molecule has 0 unspecified atom stereocenters. The molecule has 140 valence electrons. The van der Waals surface area contributed by atoms with Crippen LogP contribution in [0.3, 0.4) is 0 Å². The summed E-state index contributed by atoms with van der Waals surface area (Å²) in [4.78, 5) is 12.4. The number of carbonyl (C=O) groups is 1. The summed E-state index contributed by atoms with van der Waals surface area (Å²) >= 11 is 0. The number of hydrogen-bond acceptors (Lipinski definition) is 3. The van der Waals surface area contributed by atoms with Crippen LogP contribution in [0, 0.1) is 18.6 Å². The molecule has 0 heterocycles. The third kappa shape index (κ3) is 4.08. The Bertz CT molecular complexity index is 926. The van der Waals surface area contributed by atoms with E-state index in [0.29, 0.717) is 18.7 Å². The molecule has 0 radical (unpaired) electrons. The number of anilines is 1. The molecule has 0 aliphatic carbocycles. The zero-order chi connectivity index (χ0) is 19.5. The van der Waals surface area contributed by atoms with Crippen molar-refractivity contribution in [1.82, 2.24) is 4.31 Å². The normalized spacial score (nSPS) is 11.6. The number of aryl methyl sites for hydroxylation is 1. The molecule has 0 fully saturated rings. The average molecular weight is 382 g/mol. The highest BCUT2D eigenvalue weighted by Crippen LogP contribution is 2.22. The van der Waals surface area contributed by atoms with Crippen LogP contribution in [-0.4, -0.2) is 31.7 Å².